The van der Waals surface area contributed by atoms with E-state index in [1.165, 1.54) is 64.6 Å². The van der Waals surface area contributed by atoms with Gasteiger partial charge in [-0.25, -0.2) is 0 Å². The molecule has 0 spiro atoms. The van der Waals surface area contributed by atoms with Gasteiger partial charge in [-0.05, 0) is 45.8 Å². The van der Waals surface area contributed by atoms with E-state index in [-0.39, 0.29) is 51.0 Å². The molecule has 5 heteroatoms. The predicted octanol–water partition coefficient (Wildman–Crippen LogP) is 8.56. The molecule has 0 aliphatic carbocycles. The van der Waals surface area contributed by atoms with E-state index in [2.05, 4.69) is 146 Å². The number of hydrogen-bond donors (Lipinski definition) is 0. The topological polar surface area (TPSA) is 26.3 Å². The number of furan rings is 2. The van der Waals surface area contributed by atoms with Crippen LogP contribution in [0, 0.1) is 0 Å². The van der Waals surface area contributed by atoms with Crippen molar-refractivity contribution in [3.63, 3.8) is 0 Å². The van der Waals surface area contributed by atoms with Crippen LogP contribution in [-0.2, 0) is 26.2 Å². The van der Waals surface area contributed by atoms with Crippen molar-refractivity contribution in [1.29, 1.82) is 0 Å². The summed E-state index contributed by atoms with van der Waals surface area (Å²) in [5.74, 6) is 1.85. The van der Waals surface area contributed by atoms with Crippen LogP contribution in [0.3, 0.4) is 0 Å². The zero-order valence-corrected chi connectivity index (χ0v) is 33.4. The molecule has 0 radical (unpaired) electrons. The van der Waals surface area contributed by atoms with Gasteiger partial charge in [-0.15, -0.1) is 45.8 Å². The number of para-hydroxylation sites is 2. The predicted molar refractivity (Wildman–Crippen MR) is 220 cm³/mol. The maximum atomic E-state index is 6.11. The summed E-state index contributed by atoms with van der Waals surface area (Å²) in [6.45, 7) is 0. The van der Waals surface area contributed by atoms with Crippen molar-refractivity contribution in [1.82, 2.24) is 0 Å². The van der Waals surface area contributed by atoms with Crippen LogP contribution in [0.4, 0.5) is 0 Å². The largest absolute Gasteiger partial charge is 4.00 e. The summed E-state index contributed by atoms with van der Waals surface area (Å²) in [6.07, 6.45) is 0. The molecule has 10 aromatic carbocycles. The van der Waals surface area contributed by atoms with Gasteiger partial charge in [0.25, 0.3) is 0 Å². The van der Waals surface area contributed by atoms with Crippen molar-refractivity contribution >= 4 is 86.6 Å². The van der Waals surface area contributed by atoms with Gasteiger partial charge < -0.3 is 33.6 Å². The Morgan fingerprint density at radius 3 is 0.964 bits per heavy atom. The molecule has 0 unspecified atom stereocenters. The van der Waals surface area contributed by atoms with Crippen molar-refractivity contribution in [3.8, 4) is 22.6 Å². The molecule has 0 saturated heterocycles. The summed E-state index contributed by atoms with van der Waals surface area (Å²) < 4.78 is 12.2. The van der Waals surface area contributed by atoms with Crippen LogP contribution in [0.2, 0.25) is 0 Å². The first-order valence-corrected chi connectivity index (χ1v) is 17.7. The molecule has 260 valence electrons. The molecule has 12 aromatic rings. The normalized spacial score (nSPS) is 11.2. The van der Waals surface area contributed by atoms with Crippen LogP contribution in [-0.4, -0.2) is 0 Å². The Balaban J connectivity index is 0.000000147. The molecule has 12 rings (SSSR count). The van der Waals surface area contributed by atoms with E-state index in [1.807, 2.05) is 36.4 Å². The SMILES string of the molecule is [Cl-].[Cl-].[Zr+4].c1ccc2oc(-c3cc4c5ccccc5c5ccccc5c4[cH-]3)cc2c1.c1ccc2oc(-c3cc4c5ccccc5c5ccccc5c4[cH-]3)cc2c1. The minimum absolute atomic E-state index is 0. The molecule has 0 fully saturated rings. The third-order valence-corrected chi connectivity index (χ3v) is 10.6. The number of fused-ring (bicyclic) bond motifs is 14. The molecular formula is C50H30Cl2O2Zr. The van der Waals surface area contributed by atoms with Crippen LogP contribution < -0.4 is 24.8 Å². The van der Waals surface area contributed by atoms with Crippen molar-refractivity contribution in [2.75, 3.05) is 0 Å². The summed E-state index contributed by atoms with van der Waals surface area (Å²) >= 11 is 0. The van der Waals surface area contributed by atoms with Crippen molar-refractivity contribution < 1.29 is 59.9 Å². The van der Waals surface area contributed by atoms with Gasteiger partial charge in [0.05, 0.1) is 11.5 Å². The molecule has 0 aliphatic heterocycles. The maximum absolute atomic E-state index is 6.11. The first-order valence-electron chi connectivity index (χ1n) is 17.7. The van der Waals surface area contributed by atoms with Crippen LogP contribution >= 0.6 is 0 Å². The van der Waals surface area contributed by atoms with Gasteiger partial charge in [-0.2, -0.15) is 0 Å². The summed E-state index contributed by atoms with van der Waals surface area (Å²) in [4.78, 5) is 0. The van der Waals surface area contributed by atoms with Crippen LogP contribution in [0.15, 0.2) is 191 Å². The Hall–Kier alpha value is -5.44. The molecular weight excluding hydrogens is 795 g/mol. The van der Waals surface area contributed by atoms with E-state index < -0.39 is 0 Å². The van der Waals surface area contributed by atoms with Gasteiger partial charge in [0.1, 0.15) is 11.2 Å². The van der Waals surface area contributed by atoms with Gasteiger partial charge in [0.2, 0.25) is 0 Å². The average Bonchev–Trinajstić information content (AvgIpc) is 4.02. The third kappa shape index (κ3) is 5.99. The summed E-state index contributed by atoms with van der Waals surface area (Å²) in [5, 5.41) is 17.8. The van der Waals surface area contributed by atoms with E-state index in [1.54, 1.807) is 0 Å². The molecule has 2 heterocycles. The van der Waals surface area contributed by atoms with Crippen LogP contribution in [0.5, 0.6) is 0 Å². The number of rotatable bonds is 2. The third-order valence-electron chi connectivity index (χ3n) is 10.6. The van der Waals surface area contributed by atoms with Gasteiger partial charge in [0.15, 0.2) is 0 Å². The second-order valence-corrected chi connectivity index (χ2v) is 13.6. The number of halogens is 2. The maximum Gasteiger partial charge on any atom is 4.00 e. The summed E-state index contributed by atoms with van der Waals surface area (Å²) in [5.41, 5.74) is 4.14. The van der Waals surface area contributed by atoms with Crippen molar-refractivity contribution in [3.05, 3.63) is 182 Å². The van der Waals surface area contributed by atoms with Gasteiger partial charge in [0, 0.05) is 10.8 Å². The molecule has 0 bridgehead atoms. The Bertz CT molecular complexity index is 2890. The molecule has 0 N–H and O–H groups in total. The summed E-state index contributed by atoms with van der Waals surface area (Å²) in [7, 11) is 0. The fourth-order valence-corrected chi connectivity index (χ4v) is 8.25. The zero-order valence-electron chi connectivity index (χ0n) is 29.4. The van der Waals surface area contributed by atoms with Crippen molar-refractivity contribution in [2.24, 2.45) is 0 Å². The van der Waals surface area contributed by atoms with E-state index in [9.17, 15) is 0 Å². The Kier molecular flexibility index (Phi) is 9.74. The van der Waals surface area contributed by atoms with E-state index in [0.717, 1.165) is 44.6 Å². The Morgan fingerprint density at radius 2 is 0.600 bits per heavy atom. The average molecular weight is 825 g/mol. The molecule has 0 atom stereocenters. The second-order valence-electron chi connectivity index (χ2n) is 13.6. The smallest absolute Gasteiger partial charge is 1.00 e. The number of benzene rings is 8. The van der Waals surface area contributed by atoms with E-state index >= 15 is 0 Å². The molecule has 2 aromatic heterocycles. The monoisotopic (exact) mass is 822 g/mol. The summed E-state index contributed by atoms with van der Waals surface area (Å²) in [6, 6.07) is 64.3. The number of hydrogen-bond acceptors (Lipinski definition) is 2. The Labute approximate surface area is 348 Å². The zero-order chi connectivity index (χ0) is 34.2. The van der Waals surface area contributed by atoms with Gasteiger partial charge in [-0.1, -0.05) is 166 Å². The van der Waals surface area contributed by atoms with Crippen molar-refractivity contribution in [2.45, 2.75) is 0 Å². The first kappa shape index (κ1) is 36.5. The molecule has 0 amide bonds. The van der Waals surface area contributed by atoms with Crippen LogP contribution in [0.25, 0.3) is 109 Å². The van der Waals surface area contributed by atoms with E-state index in [4.69, 9.17) is 8.83 Å². The second kappa shape index (κ2) is 14.7. The molecule has 2 nitrogen and oxygen atoms in total. The fraction of sp³-hybridized carbons (Fsp3) is 0. The Morgan fingerprint density at radius 1 is 0.309 bits per heavy atom. The molecule has 0 aliphatic rings. The first-order chi connectivity index (χ1) is 25.8. The van der Waals surface area contributed by atoms with Gasteiger partial charge in [-0.3, -0.25) is 0 Å². The minimum atomic E-state index is 0. The van der Waals surface area contributed by atoms with Crippen LogP contribution in [0.1, 0.15) is 0 Å². The minimum Gasteiger partial charge on any atom is -1.00 e. The quantitative estimate of drug-likeness (QED) is 0.129. The van der Waals surface area contributed by atoms with Gasteiger partial charge >= 0.3 is 26.2 Å². The standard InChI is InChI=1S/2C25H15O.2ClH.Zr/c2*1-6-12-24-16(7-1)15-25(26-24)17-13-22-20-10-4-2-8-18(20)19-9-3-5-11-21(19)23(22)14-17;;;/h2*1-15H;2*1H;/q2*-1;;;+4/p-2. The molecule has 0 saturated carbocycles. The fourth-order valence-electron chi connectivity index (χ4n) is 8.25. The van der Waals surface area contributed by atoms with E-state index in [0.29, 0.717) is 0 Å². The molecule has 55 heavy (non-hydrogen) atoms.